The van der Waals surface area contributed by atoms with Crippen molar-refractivity contribution in [3.05, 3.63) is 35.6 Å². The predicted octanol–water partition coefficient (Wildman–Crippen LogP) is 1.58. The first-order valence-corrected chi connectivity index (χ1v) is 5.98. The van der Waals surface area contributed by atoms with Crippen LogP contribution >= 0.6 is 0 Å². The highest BCUT2D eigenvalue weighted by Gasteiger charge is 2.16. The van der Waals surface area contributed by atoms with Crippen LogP contribution in [-0.4, -0.2) is 18.5 Å². The largest absolute Gasteiger partial charge is 0.356 e. The smallest absolute Gasteiger partial charge is 0.221 e. The molecule has 0 radical (unpaired) electrons. The molecular formula is C13H17FN2O. The zero-order chi connectivity index (χ0) is 12.1. The Bertz CT molecular complexity index is 395. The molecule has 1 aliphatic rings. The van der Waals surface area contributed by atoms with Crippen LogP contribution in [0.1, 0.15) is 24.8 Å². The Morgan fingerprint density at radius 3 is 3.18 bits per heavy atom. The Morgan fingerprint density at radius 2 is 2.35 bits per heavy atom. The summed E-state index contributed by atoms with van der Waals surface area (Å²) < 4.78 is 13.0. The standard InChI is InChI=1S/C13H17FN2O/c14-11-4-1-3-10(7-11)9-16-12-5-2-6-15-13(17)8-12/h1,3-4,7,12,16H,2,5-6,8-9H2,(H,15,17). The first kappa shape index (κ1) is 12.0. The van der Waals surface area contributed by atoms with Crippen molar-refractivity contribution in [2.75, 3.05) is 6.54 Å². The molecule has 1 heterocycles. The highest BCUT2D eigenvalue weighted by molar-refractivity contribution is 5.76. The molecule has 1 saturated heterocycles. The number of amides is 1. The lowest BCUT2D eigenvalue weighted by atomic mass is 10.1. The zero-order valence-corrected chi connectivity index (χ0v) is 9.71. The highest BCUT2D eigenvalue weighted by Crippen LogP contribution is 2.08. The first-order valence-electron chi connectivity index (χ1n) is 5.98. The molecule has 0 bridgehead atoms. The Kier molecular flexibility index (Phi) is 4.09. The predicted molar refractivity (Wildman–Crippen MR) is 63.9 cm³/mol. The lowest BCUT2D eigenvalue weighted by Crippen LogP contribution is -2.32. The summed E-state index contributed by atoms with van der Waals surface area (Å²) in [6.45, 7) is 1.37. The van der Waals surface area contributed by atoms with Crippen molar-refractivity contribution in [3.8, 4) is 0 Å². The summed E-state index contributed by atoms with van der Waals surface area (Å²) in [5.74, 6) is -0.123. The fourth-order valence-corrected chi connectivity index (χ4v) is 2.06. The summed E-state index contributed by atoms with van der Waals surface area (Å²) >= 11 is 0. The number of hydrogen-bond acceptors (Lipinski definition) is 2. The van der Waals surface area contributed by atoms with Gasteiger partial charge in [0.05, 0.1) is 0 Å². The monoisotopic (exact) mass is 236 g/mol. The third-order valence-corrected chi connectivity index (χ3v) is 2.97. The molecule has 1 unspecified atom stereocenters. The summed E-state index contributed by atoms with van der Waals surface area (Å²) in [5.41, 5.74) is 0.912. The molecule has 92 valence electrons. The van der Waals surface area contributed by atoms with Crippen LogP contribution in [-0.2, 0) is 11.3 Å². The minimum atomic E-state index is -0.220. The van der Waals surface area contributed by atoms with Crippen molar-refractivity contribution in [2.24, 2.45) is 0 Å². The van der Waals surface area contributed by atoms with Crippen molar-refractivity contribution in [2.45, 2.75) is 31.8 Å². The molecule has 2 rings (SSSR count). The van der Waals surface area contributed by atoms with Gasteiger partial charge in [0.2, 0.25) is 5.91 Å². The molecule has 0 saturated carbocycles. The molecule has 1 atom stereocenters. The van der Waals surface area contributed by atoms with E-state index < -0.39 is 0 Å². The second kappa shape index (κ2) is 5.77. The van der Waals surface area contributed by atoms with E-state index in [0.29, 0.717) is 13.0 Å². The van der Waals surface area contributed by atoms with E-state index in [4.69, 9.17) is 0 Å². The van der Waals surface area contributed by atoms with Crippen LogP contribution < -0.4 is 10.6 Å². The van der Waals surface area contributed by atoms with E-state index in [2.05, 4.69) is 10.6 Å². The number of carbonyl (C=O) groups excluding carboxylic acids is 1. The van der Waals surface area contributed by atoms with E-state index >= 15 is 0 Å². The number of nitrogens with one attached hydrogen (secondary N) is 2. The second-order valence-electron chi connectivity index (χ2n) is 4.40. The lowest BCUT2D eigenvalue weighted by molar-refractivity contribution is -0.121. The number of rotatable bonds is 3. The Morgan fingerprint density at radius 1 is 1.47 bits per heavy atom. The SMILES string of the molecule is O=C1CC(NCc2cccc(F)c2)CCCN1. The number of carbonyl (C=O) groups is 1. The summed E-state index contributed by atoms with van der Waals surface area (Å²) in [7, 11) is 0. The summed E-state index contributed by atoms with van der Waals surface area (Å²) in [6, 6.07) is 6.73. The maximum atomic E-state index is 13.0. The molecule has 4 heteroatoms. The zero-order valence-electron chi connectivity index (χ0n) is 9.71. The average molecular weight is 236 g/mol. The van der Waals surface area contributed by atoms with Gasteiger partial charge in [-0.15, -0.1) is 0 Å². The molecular weight excluding hydrogens is 219 g/mol. The molecule has 1 amide bonds. The topological polar surface area (TPSA) is 41.1 Å². The van der Waals surface area contributed by atoms with E-state index in [9.17, 15) is 9.18 Å². The molecule has 3 nitrogen and oxygen atoms in total. The van der Waals surface area contributed by atoms with Gasteiger partial charge in [-0.25, -0.2) is 4.39 Å². The van der Waals surface area contributed by atoms with Crippen LogP contribution in [0, 0.1) is 5.82 Å². The molecule has 1 fully saturated rings. The maximum Gasteiger partial charge on any atom is 0.221 e. The molecule has 0 aromatic heterocycles. The summed E-state index contributed by atoms with van der Waals surface area (Å²) in [6.07, 6.45) is 2.48. The first-order chi connectivity index (χ1) is 8.24. The fraction of sp³-hybridized carbons (Fsp3) is 0.462. The molecule has 0 aliphatic carbocycles. The van der Waals surface area contributed by atoms with Crippen molar-refractivity contribution in [3.63, 3.8) is 0 Å². The van der Waals surface area contributed by atoms with Gasteiger partial charge in [-0.2, -0.15) is 0 Å². The van der Waals surface area contributed by atoms with Crippen molar-refractivity contribution >= 4 is 5.91 Å². The van der Waals surface area contributed by atoms with Gasteiger partial charge in [-0.1, -0.05) is 12.1 Å². The summed E-state index contributed by atoms with van der Waals surface area (Å²) in [4.78, 5) is 11.3. The van der Waals surface area contributed by atoms with E-state index in [-0.39, 0.29) is 17.8 Å². The van der Waals surface area contributed by atoms with Gasteiger partial charge in [0, 0.05) is 25.6 Å². The lowest BCUT2D eigenvalue weighted by Gasteiger charge is -2.15. The third-order valence-electron chi connectivity index (χ3n) is 2.97. The van der Waals surface area contributed by atoms with Crippen molar-refractivity contribution in [1.82, 2.24) is 10.6 Å². The van der Waals surface area contributed by atoms with Gasteiger partial charge in [-0.05, 0) is 30.5 Å². The Labute approximate surface area is 100 Å². The third kappa shape index (κ3) is 3.82. The van der Waals surface area contributed by atoms with Crippen LogP contribution in [0.2, 0.25) is 0 Å². The Balaban J connectivity index is 1.86. The van der Waals surface area contributed by atoms with Gasteiger partial charge in [0.25, 0.3) is 0 Å². The van der Waals surface area contributed by atoms with E-state index in [0.717, 1.165) is 24.9 Å². The molecule has 1 aliphatic heterocycles. The van der Waals surface area contributed by atoms with Crippen LogP contribution in [0.3, 0.4) is 0 Å². The average Bonchev–Trinajstić information content (AvgIpc) is 2.51. The number of halogens is 1. The number of hydrogen-bond donors (Lipinski definition) is 2. The van der Waals surface area contributed by atoms with Gasteiger partial charge in [0.1, 0.15) is 5.82 Å². The molecule has 17 heavy (non-hydrogen) atoms. The van der Waals surface area contributed by atoms with Crippen LogP contribution in [0.15, 0.2) is 24.3 Å². The minimum Gasteiger partial charge on any atom is -0.356 e. The Hall–Kier alpha value is -1.42. The van der Waals surface area contributed by atoms with E-state index in [1.807, 2.05) is 6.07 Å². The normalized spacial score (nSPS) is 20.8. The van der Waals surface area contributed by atoms with Gasteiger partial charge in [-0.3, -0.25) is 4.79 Å². The molecule has 0 spiro atoms. The van der Waals surface area contributed by atoms with E-state index in [1.54, 1.807) is 6.07 Å². The highest BCUT2D eigenvalue weighted by atomic mass is 19.1. The van der Waals surface area contributed by atoms with Gasteiger partial charge in [0.15, 0.2) is 0 Å². The fourth-order valence-electron chi connectivity index (χ4n) is 2.06. The molecule has 1 aromatic carbocycles. The van der Waals surface area contributed by atoms with Crippen molar-refractivity contribution in [1.29, 1.82) is 0 Å². The minimum absolute atomic E-state index is 0.0965. The van der Waals surface area contributed by atoms with E-state index in [1.165, 1.54) is 12.1 Å². The molecule has 2 N–H and O–H groups in total. The summed E-state index contributed by atoms with van der Waals surface area (Å²) in [5, 5.41) is 6.15. The van der Waals surface area contributed by atoms with Gasteiger partial charge < -0.3 is 10.6 Å². The quantitative estimate of drug-likeness (QED) is 0.836. The van der Waals surface area contributed by atoms with Crippen LogP contribution in [0.5, 0.6) is 0 Å². The number of benzene rings is 1. The van der Waals surface area contributed by atoms with Crippen molar-refractivity contribution < 1.29 is 9.18 Å². The van der Waals surface area contributed by atoms with Gasteiger partial charge >= 0.3 is 0 Å². The molecule has 1 aromatic rings. The second-order valence-corrected chi connectivity index (χ2v) is 4.40. The van der Waals surface area contributed by atoms with Crippen LogP contribution in [0.4, 0.5) is 4.39 Å². The maximum absolute atomic E-state index is 13.0. The van der Waals surface area contributed by atoms with Crippen LogP contribution in [0.25, 0.3) is 0 Å².